The van der Waals surface area contributed by atoms with Crippen molar-refractivity contribution >= 4 is 27.7 Å². The monoisotopic (exact) mass is 277 g/mol. The predicted molar refractivity (Wildman–Crippen MR) is 65.7 cm³/mol. The van der Waals surface area contributed by atoms with Gasteiger partial charge < -0.3 is 9.73 Å². The summed E-state index contributed by atoms with van der Waals surface area (Å²) in [5.74, 6) is 3.31. The van der Waals surface area contributed by atoms with E-state index in [0.717, 1.165) is 22.7 Å². The average Bonchev–Trinajstić information content (AvgIpc) is 2.58. The van der Waals surface area contributed by atoms with Crippen LogP contribution in [0.3, 0.4) is 0 Å². The van der Waals surface area contributed by atoms with Gasteiger partial charge in [0, 0.05) is 11.8 Å². The van der Waals surface area contributed by atoms with Gasteiger partial charge in [-0.3, -0.25) is 0 Å². The van der Waals surface area contributed by atoms with Crippen molar-refractivity contribution in [3.8, 4) is 0 Å². The van der Waals surface area contributed by atoms with Crippen LogP contribution in [-0.4, -0.2) is 17.5 Å². The molecule has 0 saturated carbocycles. The average molecular weight is 278 g/mol. The van der Waals surface area contributed by atoms with Gasteiger partial charge in [-0.05, 0) is 40.7 Å². The molecule has 14 heavy (non-hydrogen) atoms. The second kappa shape index (κ2) is 6.53. The van der Waals surface area contributed by atoms with Gasteiger partial charge in [-0.1, -0.05) is 6.92 Å². The van der Waals surface area contributed by atoms with Gasteiger partial charge in [-0.2, -0.15) is 11.8 Å². The van der Waals surface area contributed by atoms with Crippen LogP contribution < -0.4 is 5.32 Å². The number of hydrogen-bond acceptors (Lipinski definition) is 3. The Morgan fingerprint density at radius 1 is 1.57 bits per heavy atom. The molecule has 4 heteroatoms. The Morgan fingerprint density at radius 3 is 2.93 bits per heavy atom. The molecule has 2 nitrogen and oxygen atoms in total. The molecule has 0 saturated heterocycles. The SMILES string of the molecule is CCSCC(C)NCc1ccc(Br)o1. The Balaban J connectivity index is 2.20. The molecule has 0 aliphatic rings. The lowest BCUT2D eigenvalue weighted by Crippen LogP contribution is -2.27. The van der Waals surface area contributed by atoms with E-state index in [-0.39, 0.29) is 0 Å². The molecule has 0 fully saturated rings. The zero-order valence-corrected chi connectivity index (χ0v) is 11.0. The molecule has 1 rings (SSSR count). The Bertz CT molecular complexity index is 264. The van der Waals surface area contributed by atoms with E-state index in [9.17, 15) is 0 Å². The topological polar surface area (TPSA) is 25.2 Å². The molecule has 0 aliphatic carbocycles. The Kier molecular flexibility index (Phi) is 5.67. The van der Waals surface area contributed by atoms with Crippen LogP contribution in [0.15, 0.2) is 21.2 Å². The van der Waals surface area contributed by atoms with Crippen LogP contribution in [0.2, 0.25) is 0 Å². The van der Waals surface area contributed by atoms with Gasteiger partial charge in [0.05, 0.1) is 6.54 Å². The van der Waals surface area contributed by atoms with Gasteiger partial charge in [0.25, 0.3) is 0 Å². The third-order valence-electron chi connectivity index (χ3n) is 1.83. The number of furan rings is 1. The minimum atomic E-state index is 0.531. The smallest absolute Gasteiger partial charge is 0.169 e. The van der Waals surface area contributed by atoms with Crippen molar-refractivity contribution in [1.82, 2.24) is 5.32 Å². The zero-order chi connectivity index (χ0) is 10.4. The molecule has 1 aromatic rings. The molecular formula is C10H16BrNOS. The fourth-order valence-corrected chi connectivity index (χ4v) is 2.12. The van der Waals surface area contributed by atoms with Crippen molar-refractivity contribution in [2.75, 3.05) is 11.5 Å². The first-order valence-electron chi connectivity index (χ1n) is 4.77. The molecule has 1 aromatic heterocycles. The van der Waals surface area contributed by atoms with Crippen molar-refractivity contribution in [3.05, 3.63) is 22.6 Å². The number of rotatable bonds is 6. The van der Waals surface area contributed by atoms with E-state index in [1.807, 2.05) is 23.9 Å². The van der Waals surface area contributed by atoms with Gasteiger partial charge in [-0.15, -0.1) is 0 Å². The maximum absolute atomic E-state index is 5.39. The van der Waals surface area contributed by atoms with Crippen molar-refractivity contribution < 1.29 is 4.42 Å². The summed E-state index contributed by atoms with van der Waals surface area (Å²) in [5.41, 5.74) is 0. The van der Waals surface area contributed by atoms with E-state index in [1.165, 1.54) is 5.75 Å². The third kappa shape index (κ3) is 4.53. The normalized spacial score (nSPS) is 13.1. The van der Waals surface area contributed by atoms with Crippen molar-refractivity contribution in [3.63, 3.8) is 0 Å². The van der Waals surface area contributed by atoms with E-state index in [1.54, 1.807) is 0 Å². The van der Waals surface area contributed by atoms with E-state index >= 15 is 0 Å². The lowest BCUT2D eigenvalue weighted by molar-refractivity contribution is 0.452. The lowest BCUT2D eigenvalue weighted by Gasteiger charge is -2.11. The summed E-state index contributed by atoms with van der Waals surface area (Å²) >= 11 is 5.24. The summed E-state index contributed by atoms with van der Waals surface area (Å²) < 4.78 is 6.18. The molecule has 1 unspecified atom stereocenters. The van der Waals surface area contributed by atoms with Crippen LogP contribution in [0.5, 0.6) is 0 Å². The minimum absolute atomic E-state index is 0.531. The third-order valence-corrected chi connectivity index (χ3v) is 3.40. The number of nitrogens with one attached hydrogen (secondary N) is 1. The van der Waals surface area contributed by atoms with Crippen LogP contribution >= 0.6 is 27.7 Å². The Hall–Kier alpha value is 0.0700. The molecule has 0 spiro atoms. The van der Waals surface area contributed by atoms with E-state index in [2.05, 4.69) is 35.1 Å². The van der Waals surface area contributed by atoms with Gasteiger partial charge in [-0.25, -0.2) is 0 Å². The predicted octanol–water partition coefficient (Wildman–Crippen LogP) is 3.27. The fourth-order valence-electron chi connectivity index (χ4n) is 1.08. The maximum atomic E-state index is 5.39. The Morgan fingerprint density at radius 2 is 2.36 bits per heavy atom. The van der Waals surface area contributed by atoms with Crippen molar-refractivity contribution in [2.45, 2.75) is 26.4 Å². The van der Waals surface area contributed by atoms with Gasteiger partial charge in [0.15, 0.2) is 4.67 Å². The molecule has 0 aromatic carbocycles. The van der Waals surface area contributed by atoms with E-state index in [4.69, 9.17) is 4.42 Å². The second-order valence-corrected chi connectivity index (χ2v) is 5.25. The molecule has 1 atom stereocenters. The largest absolute Gasteiger partial charge is 0.453 e. The quantitative estimate of drug-likeness (QED) is 0.864. The first-order chi connectivity index (χ1) is 6.72. The maximum Gasteiger partial charge on any atom is 0.169 e. The summed E-state index contributed by atoms with van der Waals surface area (Å²) in [7, 11) is 0. The van der Waals surface area contributed by atoms with Crippen LogP contribution in [0.1, 0.15) is 19.6 Å². The molecule has 1 N–H and O–H groups in total. The molecule has 0 radical (unpaired) electrons. The van der Waals surface area contributed by atoms with E-state index in [0.29, 0.717) is 6.04 Å². The highest BCUT2D eigenvalue weighted by molar-refractivity contribution is 9.10. The second-order valence-electron chi connectivity index (χ2n) is 3.15. The van der Waals surface area contributed by atoms with Crippen LogP contribution in [0.4, 0.5) is 0 Å². The molecular weight excluding hydrogens is 262 g/mol. The minimum Gasteiger partial charge on any atom is -0.453 e. The first-order valence-corrected chi connectivity index (χ1v) is 6.72. The summed E-state index contributed by atoms with van der Waals surface area (Å²) in [4.78, 5) is 0. The summed E-state index contributed by atoms with van der Waals surface area (Å²) in [5, 5.41) is 3.41. The lowest BCUT2D eigenvalue weighted by atomic mass is 10.3. The number of thioether (sulfide) groups is 1. The van der Waals surface area contributed by atoms with Gasteiger partial charge >= 0.3 is 0 Å². The summed E-state index contributed by atoms with van der Waals surface area (Å²) in [6, 6.07) is 4.43. The van der Waals surface area contributed by atoms with Gasteiger partial charge in [0.2, 0.25) is 0 Å². The number of halogens is 1. The van der Waals surface area contributed by atoms with Crippen LogP contribution in [0.25, 0.3) is 0 Å². The highest BCUT2D eigenvalue weighted by Gasteiger charge is 2.03. The summed E-state index contributed by atoms with van der Waals surface area (Å²) in [6.07, 6.45) is 0. The first kappa shape index (κ1) is 12.1. The molecule has 0 aliphatic heterocycles. The van der Waals surface area contributed by atoms with Gasteiger partial charge in [0.1, 0.15) is 5.76 Å². The fraction of sp³-hybridized carbons (Fsp3) is 0.600. The van der Waals surface area contributed by atoms with Crippen molar-refractivity contribution in [2.24, 2.45) is 0 Å². The highest BCUT2D eigenvalue weighted by atomic mass is 79.9. The molecule has 1 heterocycles. The highest BCUT2D eigenvalue weighted by Crippen LogP contribution is 2.13. The molecule has 0 amide bonds. The Labute approximate surface area is 98.0 Å². The summed E-state index contributed by atoms with van der Waals surface area (Å²) in [6.45, 7) is 5.18. The standard InChI is InChI=1S/C10H16BrNOS/c1-3-14-7-8(2)12-6-9-4-5-10(11)13-9/h4-5,8,12H,3,6-7H2,1-2H3. The van der Waals surface area contributed by atoms with Crippen LogP contribution in [0, 0.1) is 0 Å². The molecule has 0 bridgehead atoms. The van der Waals surface area contributed by atoms with Crippen molar-refractivity contribution in [1.29, 1.82) is 0 Å². The van der Waals surface area contributed by atoms with Crippen LogP contribution in [-0.2, 0) is 6.54 Å². The number of hydrogen-bond donors (Lipinski definition) is 1. The molecule has 80 valence electrons. The van der Waals surface area contributed by atoms with E-state index < -0.39 is 0 Å². The zero-order valence-electron chi connectivity index (χ0n) is 8.55.